The van der Waals surface area contributed by atoms with Crippen LogP contribution in [0.4, 0.5) is 0 Å². The van der Waals surface area contributed by atoms with Crippen LogP contribution in [0.25, 0.3) is 5.03 Å². The van der Waals surface area contributed by atoms with Crippen LogP contribution in [0.5, 0.6) is 5.75 Å². The summed E-state index contributed by atoms with van der Waals surface area (Å²) in [7, 11) is 2.90. The molecule has 0 heterocycles. The molecule has 0 aliphatic rings. The SMILES string of the molecule is COC(=O)C(=CC=C(Cl)c1ccc(OC)cc1)CCl. The first-order chi connectivity index (χ1) is 9.12. The zero-order valence-electron chi connectivity index (χ0n) is 10.7. The highest BCUT2D eigenvalue weighted by Crippen LogP contribution is 2.22. The third-order valence-electron chi connectivity index (χ3n) is 2.39. The second-order valence-electron chi connectivity index (χ2n) is 3.56. The van der Waals surface area contributed by atoms with Crippen molar-refractivity contribution < 1.29 is 14.3 Å². The lowest BCUT2D eigenvalue weighted by Gasteiger charge is -2.02. The van der Waals surface area contributed by atoms with Gasteiger partial charge in [-0.3, -0.25) is 0 Å². The van der Waals surface area contributed by atoms with E-state index in [1.807, 2.05) is 12.1 Å². The van der Waals surface area contributed by atoms with E-state index in [1.54, 1.807) is 31.4 Å². The number of rotatable bonds is 5. The molecule has 0 amide bonds. The third-order valence-corrected chi connectivity index (χ3v) is 3.02. The Morgan fingerprint density at radius 1 is 1.21 bits per heavy atom. The lowest BCUT2D eigenvalue weighted by atomic mass is 10.2. The van der Waals surface area contributed by atoms with Gasteiger partial charge in [0.15, 0.2) is 0 Å². The standard InChI is InChI=1S/C14H14Cl2O3/c1-18-12-6-3-10(4-7-12)13(16)8-5-11(9-15)14(17)19-2/h3-8H,9H2,1-2H3. The molecule has 0 fully saturated rings. The lowest BCUT2D eigenvalue weighted by Crippen LogP contribution is -2.05. The van der Waals surface area contributed by atoms with Gasteiger partial charge < -0.3 is 9.47 Å². The Hall–Kier alpha value is -1.45. The van der Waals surface area contributed by atoms with Gasteiger partial charge in [-0.1, -0.05) is 11.6 Å². The van der Waals surface area contributed by atoms with Crippen LogP contribution in [0.2, 0.25) is 0 Å². The number of carbonyl (C=O) groups excluding carboxylic acids is 1. The van der Waals surface area contributed by atoms with E-state index in [1.165, 1.54) is 7.11 Å². The van der Waals surface area contributed by atoms with Crippen LogP contribution in [0, 0.1) is 0 Å². The number of ether oxygens (including phenoxy) is 2. The van der Waals surface area contributed by atoms with E-state index < -0.39 is 5.97 Å². The van der Waals surface area contributed by atoms with E-state index in [0.717, 1.165) is 11.3 Å². The van der Waals surface area contributed by atoms with E-state index >= 15 is 0 Å². The molecule has 102 valence electrons. The molecule has 0 aliphatic carbocycles. The Morgan fingerprint density at radius 3 is 2.32 bits per heavy atom. The molecule has 0 bridgehead atoms. The lowest BCUT2D eigenvalue weighted by molar-refractivity contribution is -0.135. The van der Waals surface area contributed by atoms with Crippen molar-refractivity contribution in [1.29, 1.82) is 0 Å². The van der Waals surface area contributed by atoms with Crippen molar-refractivity contribution in [3.63, 3.8) is 0 Å². The first-order valence-electron chi connectivity index (χ1n) is 5.47. The molecule has 1 rings (SSSR count). The largest absolute Gasteiger partial charge is 0.497 e. The summed E-state index contributed by atoms with van der Waals surface area (Å²) in [5.74, 6) is 0.348. The minimum absolute atomic E-state index is 0.0654. The molecule has 3 nitrogen and oxygen atoms in total. The topological polar surface area (TPSA) is 35.5 Å². The summed E-state index contributed by atoms with van der Waals surface area (Å²) in [5, 5.41) is 0.495. The quantitative estimate of drug-likeness (QED) is 0.361. The van der Waals surface area contributed by atoms with Gasteiger partial charge in [-0.2, -0.15) is 0 Å². The van der Waals surface area contributed by atoms with Gasteiger partial charge >= 0.3 is 5.97 Å². The average Bonchev–Trinajstić information content (AvgIpc) is 2.47. The summed E-state index contributed by atoms with van der Waals surface area (Å²) in [6.45, 7) is 0. The smallest absolute Gasteiger partial charge is 0.334 e. The van der Waals surface area contributed by atoms with E-state index in [-0.39, 0.29) is 5.88 Å². The number of hydrogen-bond donors (Lipinski definition) is 0. The number of methoxy groups -OCH3 is 2. The van der Waals surface area contributed by atoms with Gasteiger partial charge in [-0.05, 0) is 42.0 Å². The van der Waals surface area contributed by atoms with Gasteiger partial charge in [-0.15, -0.1) is 11.6 Å². The molecular weight excluding hydrogens is 287 g/mol. The minimum atomic E-state index is -0.467. The van der Waals surface area contributed by atoms with Crippen molar-refractivity contribution in [3.05, 3.63) is 47.6 Å². The second kappa shape index (κ2) is 7.87. The first kappa shape index (κ1) is 15.6. The number of hydrogen-bond acceptors (Lipinski definition) is 3. The van der Waals surface area contributed by atoms with Gasteiger partial charge in [0.25, 0.3) is 0 Å². The molecule has 0 unspecified atom stereocenters. The van der Waals surface area contributed by atoms with Crippen LogP contribution in [-0.4, -0.2) is 26.1 Å². The van der Waals surface area contributed by atoms with Crippen molar-refractivity contribution in [2.75, 3.05) is 20.1 Å². The monoisotopic (exact) mass is 300 g/mol. The summed E-state index contributed by atoms with van der Waals surface area (Å²) in [4.78, 5) is 11.3. The van der Waals surface area contributed by atoms with Crippen molar-refractivity contribution in [3.8, 4) is 5.75 Å². The molecule has 0 aromatic heterocycles. The molecule has 0 spiro atoms. The summed E-state index contributed by atoms with van der Waals surface area (Å²) in [5.41, 5.74) is 1.16. The molecule has 0 saturated carbocycles. The Morgan fingerprint density at radius 2 is 1.84 bits per heavy atom. The maximum atomic E-state index is 11.3. The van der Waals surface area contributed by atoms with Gasteiger partial charge in [0.1, 0.15) is 5.75 Å². The van der Waals surface area contributed by atoms with Gasteiger partial charge in [0.05, 0.1) is 25.7 Å². The highest BCUT2D eigenvalue weighted by molar-refractivity contribution is 6.48. The molecular formula is C14H14Cl2O3. The average molecular weight is 301 g/mol. The zero-order valence-corrected chi connectivity index (χ0v) is 12.2. The number of esters is 1. The summed E-state index contributed by atoms with van der Waals surface area (Å²) in [6, 6.07) is 7.25. The molecule has 0 N–H and O–H groups in total. The number of halogens is 2. The second-order valence-corrected chi connectivity index (χ2v) is 4.23. The van der Waals surface area contributed by atoms with Crippen LogP contribution in [0.15, 0.2) is 42.0 Å². The van der Waals surface area contributed by atoms with Crippen molar-refractivity contribution in [2.45, 2.75) is 0 Å². The van der Waals surface area contributed by atoms with E-state index in [9.17, 15) is 4.79 Å². The highest BCUT2D eigenvalue weighted by atomic mass is 35.5. The third kappa shape index (κ3) is 4.62. The van der Waals surface area contributed by atoms with Crippen LogP contribution in [0.3, 0.4) is 0 Å². The fourth-order valence-electron chi connectivity index (χ4n) is 1.32. The molecule has 0 radical (unpaired) electrons. The normalized spacial score (nSPS) is 12.2. The Bertz CT molecular complexity index is 490. The van der Waals surface area contributed by atoms with Crippen molar-refractivity contribution in [1.82, 2.24) is 0 Å². The summed E-state index contributed by atoms with van der Waals surface area (Å²) in [6.07, 6.45) is 3.16. The molecule has 0 aliphatic heterocycles. The van der Waals surface area contributed by atoms with Crippen molar-refractivity contribution >= 4 is 34.2 Å². The number of benzene rings is 1. The Labute approximate surface area is 122 Å². The van der Waals surface area contributed by atoms with Crippen LogP contribution in [0.1, 0.15) is 5.56 Å². The molecule has 1 aromatic carbocycles. The number of carbonyl (C=O) groups is 1. The number of allylic oxidation sites excluding steroid dienone is 2. The predicted molar refractivity (Wildman–Crippen MR) is 77.6 cm³/mol. The van der Waals surface area contributed by atoms with E-state index in [0.29, 0.717) is 10.6 Å². The van der Waals surface area contributed by atoms with Crippen molar-refractivity contribution in [2.24, 2.45) is 0 Å². The minimum Gasteiger partial charge on any atom is -0.497 e. The fourth-order valence-corrected chi connectivity index (χ4v) is 1.71. The first-order valence-corrected chi connectivity index (χ1v) is 6.38. The van der Waals surface area contributed by atoms with Crippen LogP contribution >= 0.6 is 23.2 Å². The van der Waals surface area contributed by atoms with Gasteiger partial charge in [0, 0.05) is 5.03 Å². The van der Waals surface area contributed by atoms with Gasteiger partial charge in [-0.25, -0.2) is 4.79 Å². The zero-order chi connectivity index (χ0) is 14.3. The van der Waals surface area contributed by atoms with E-state index in [4.69, 9.17) is 27.9 Å². The molecule has 1 aromatic rings. The summed E-state index contributed by atoms with van der Waals surface area (Å²) >= 11 is 11.8. The molecule has 0 atom stereocenters. The molecule has 0 saturated heterocycles. The fraction of sp³-hybridized carbons (Fsp3) is 0.214. The molecule has 19 heavy (non-hydrogen) atoms. The van der Waals surface area contributed by atoms with Crippen LogP contribution < -0.4 is 4.74 Å². The Kier molecular flexibility index (Phi) is 6.46. The highest BCUT2D eigenvalue weighted by Gasteiger charge is 2.06. The number of alkyl halides is 1. The molecule has 5 heteroatoms. The van der Waals surface area contributed by atoms with Crippen LogP contribution in [-0.2, 0) is 9.53 Å². The maximum absolute atomic E-state index is 11.3. The van der Waals surface area contributed by atoms with Gasteiger partial charge in [0.2, 0.25) is 0 Å². The van der Waals surface area contributed by atoms with E-state index in [2.05, 4.69) is 4.74 Å². The maximum Gasteiger partial charge on any atom is 0.334 e. The Balaban J connectivity index is 2.91. The summed E-state index contributed by atoms with van der Waals surface area (Å²) < 4.78 is 9.65. The predicted octanol–water partition coefficient (Wildman–Crippen LogP) is 3.61.